The van der Waals surface area contributed by atoms with Crippen molar-refractivity contribution in [2.75, 3.05) is 26.7 Å². The van der Waals surface area contributed by atoms with Crippen molar-refractivity contribution in [1.29, 1.82) is 0 Å². The number of nitrogens with zero attached hydrogens (tertiary/aromatic N) is 3. The third-order valence-corrected chi connectivity index (χ3v) is 4.37. The third kappa shape index (κ3) is 5.40. The SMILES string of the molecule is CCCNC(=O)CN(C)C(=O)COC(=O)c1ccc2c(c1)nc(C)c(=O)n2CC. The van der Waals surface area contributed by atoms with Gasteiger partial charge in [-0.3, -0.25) is 14.4 Å². The van der Waals surface area contributed by atoms with Gasteiger partial charge in [0.25, 0.3) is 11.5 Å². The standard InChI is InChI=1S/C20H26N4O5/c1-5-9-21-17(25)11-23(4)18(26)12-29-20(28)14-7-8-16-15(10-14)22-13(3)19(27)24(16)6-2/h7-8,10H,5-6,9,11-12H2,1-4H3,(H,21,25). The first-order chi connectivity index (χ1) is 13.8. The minimum atomic E-state index is -0.683. The van der Waals surface area contributed by atoms with Crippen LogP contribution in [0.15, 0.2) is 23.0 Å². The molecule has 0 fully saturated rings. The van der Waals surface area contributed by atoms with E-state index >= 15 is 0 Å². The molecule has 0 aliphatic heterocycles. The zero-order valence-electron chi connectivity index (χ0n) is 17.2. The number of esters is 1. The predicted octanol–water partition coefficient (Wildman–Crippen LogP) is 0.866. The molecule has 9 heteroatoms. The van der Waals surface area contributed by atoms with Gasteiger partial charge in [-0.2, -0.15) is 0 Å². The van der Waals surface area contributed by atoms with Crippen LogP contribution in [0.2, 0.25) is 0 Å². The number of likely N-dealkylation sites (N-methyl/N-ethyl adjacent to an activating group) is 1. The van der Waals surface area contributed by atoms with Crippen LogP contribution in [0, 0.1) is 6.92 Å². The highest BCUT2D eigenvalue weighted by atomic mass is 16.5. The molecule has 1 aromatic carbocycles. The van der Waals surface area contributed by atoms with E-state index in [0.29, 0.717) is 29.8 Å². The van der Waals surface area contributed by atoms with Crippen molar-refractivity contribution in [2.45, 2.75) is 33.7 Å². The summed E-state index contributed by atoms with van der Waals surface area (Å²) < 4.78 is 6.65. The number of hydrogen-bond donors (Lipinski definition) is 1. The molecule has 0 aliphatic carbocycles. The van der Waals surface area contributed by atoms with Crippen molar-refractivity contribution >= 4 is 28.8 Å². The van der Waals surface area contributed by atoms with E-state index in [9.17, 15) is 19.2 Å². The van der Waals surface area contributed by atoms with E-state index in [4.69, 9.17) is 4.74 Å². The molecule has 1 heterocycles. The Bertz CT molecular complexity index is 983. The molecule has 9 nitrogen and oxygen atoms in total. The molecule has 2 aromatic rings. The second-order valence-corrected chi connectivity index (χ2v) is 6.63. The van der Waals surface area contributed by atoms with Crippen molar-refractivity contribution in [3.63, 3.8) is 0 Å². The summed E-state index contributed by atoms with van der Waals surface area (Å²) in [6.45, 7) is 5.84. The Labute approximate surface area is 168 Å². The van der Waals surface area contributed by atoms with Gasteiger partial charge in [0, 0.05) is 20.1 Å². The molecule has 0 saturated carbocycles. The van der Waals surface area contributed by atoms with Crippen LogP contribution >= 0.6 is 0 Å². The minimum absolute atomic E-state index is 0.107. The van der Waals surface area contributed by atoms with Crippen LogP contribution in [0.3, 0.4) is 0 Å². The molecule has 0 unspecified atom stereocenters. The Morgan fingerprint density at radius 3 is 2.62 bits per heavy atom. The highest BCUT2D eigenvalue weighted by molar-refractivity contribution is 5.95. The number of fused-ring (bicyclic) bond motifs is 1. The van der Waals surface area contributed by atoms with Gasteiger partial charge in [-0.05, 0) is 38.5 Å². The maximum Gasteiger partial charge on any atom is 0.338 e. The Morgan fingerprint density at radius 1 is 1.24 bits per heavy atom. The molecule has 29 heavy (non-hydrogen) atoms. The maximum atomic E-state index is 12.3. The first kappa shape index (κ1) is 22.1. The Balaban J connectivity index is 2.04. The van der Waals surface area contributed by atoms with Gasteiger partial charge in [-0.1, -0.05) is 6.92 Å². The van der Waals surface area contributed by atoms with E-state index in [1.54, 1.807) is 17.6 Å². The molecule has 0 bridgehead atoms. The van der Waals surface area contributed by atoms with Crippen molar-refractivity contribution in [3.05, 3.63) is 39.8 Å². The number of nitrogens with one attached hydrogen (secondary N) is 1. The number of benzene rings is 1. The predicted molar refractivity (Wildman–Crippen MR) is 108 cm³/mol. The van der Waals surface area contributed by atoms with Crippen LogP contribution in [0.4, 0.5) is 0 Å². The molecule has 1 N–H and O–H groups in total. The normalized spacial score (nSPS) is 10.6. The lowest BCUT2D eigenvalue weighted by molar-refractivity contribution is -0.137. The Kier molecular flexibility index (Phi) is 7.46. The number of ether oxygens (including phenoxy) is 1. The first-order valence-corrected chi connectivity index (χ1v) is 9.47. The molecule has 156 valence electrons. The number of aromatic nitrogens is 2. The summed E-state index contributed by atoms with van der Waals surface area (Å²) in [5.74, 6) is -1.44. The fourth-order valence-electron chi connectivity index (χ4n) is 2.76. The first-order valence-electron chi connectivity index (χ1n) is 9.47. The smallest absolute Gasteiger partial charge is 0.338 e. The van der Waals surface area contributed by atoms with Crippen LogP contribution in [0.5, 0.6) is 0 Å². The summed E-state index contributed by atoms with van der Waals surface area (Å²) >= 11 is 0. The van der Waals surface area contributed by atoms with Gasteiger partial charge in [-0.25, -0.2) is 9.78 Å². The largest absolute Gasteiger partial charge is 0.452 e. The van der Waals surface area contributed by atoms with Crippen molar-refractivity contribution < 1.29 is 19.1 Å². The van der Waals surface area contributed by atoms with Gasteiger partial charge in [0.1, 0.15) is 5.69 Å². The summed E-state index contributed by atoms with van der Waals surface area (Å²) in [5.41, 5.74) is 1.50. The van der Waals surface area contributed by atoms with Crippen LogP contribution in [-0.4, -0.2) is 59.0 Å². The van der Waals surface area contributed by atoms with E-state index in [1.165, 1.54) is 24.1 Å². The zero-order valence-corrected chi connectivity index (χ0v) is 17.2. The summed E-state index contributed by atoms with van der Waals surface area (Å²) in [5, 5.41) is 2.67. The molecular weight excluding hydrogens is 376 g/mol. The fourth-order valence-corrected chi connectivity index (χ4v) is 2.76. The van der Waals surface area contributed by atoms with Crippen LogP contribution in [0.1, 0.15) is 36.3 Å². The van der Waals surface area contributed by atoms with Gasteiger partial charge < -0.3 is 19.5 Å². The number of aryl methyl sites for hydroxylation is 2. The molecule has 1 aromatic heterocycles. The number of carbonyl (C=O) groups excluding carboxylic acids is 3. The zero-order chi connectivity index (χ0) is 21.6. The lowest BCUT2D eigenvalue weighted by atomic mass is 10.2. The average Bonchev–Trinajstić information content (AvgIpc) is 2.70. The van der Waals surface area contributed by atoms with E-state index < -0.39 is 18.5 Å². The van der Waals surface area contributed by atoms with E-state index in [2.05, 4.69) is 10.3 Å². The maximum absolute atomic E-state index is 12.3. The summed E-state index contributed by atoms with van der Waals surface area (Å²) in [7, 11) is 1.47. The second kappa shape index (κ2) is 9.81. The Morgan fingerprint density at radius 2 is 1.97 bits per heavy atom. The van der Waals surface area contributed by atoms with Crippen molar-refractivity contribution in [1.82, 2.24) is 19.8 Å². The molecule has 0 aliphatic rings. The van der Waals surface area contributed by atoms with Crippen LogP contribution in [0.25, 0.3) is 11.0 Å². The van der Waals surface area contributed by atoms with Gasteiger partial charge >= 0.3 is 5.97 Å². The van der Waals surface area contributed by atoms with Crippen LogP contribution < -0.4 is 10.9 Å². The van der Waals surface area contributed by atoms with Crippen molar-refractivity contribution in [3.8, 4) is 0 Å². The quantitative estimate of drug-likeness (QED) is 0.656. The van der Waals surface area contributed by atoms with Crippen molar-refractivity contribution in [2.24, 2.45) is 0 Å². The topological polar surface area (TPSA) is 111 Å². The molecular formula is C20H26N4O5. The molecule has 0 radical (unpaired) electrons. The molecule has 0 spiro atoms. The number of amides is 2. The average molecular weight is 402 g/mol. The lowest BCUT2D eigenvalue weighted by Crippen LogP contribution is -2.40. The molecule has 2 amide bonds. The number of carbonyl (C=O) groups is 3. The molecule has 0 saturated heterocycles. The fraction of sp³-hybridized carbons (Fsp3) is 0.450. The summed E-state index contributed by atoms with van der Waals surface area (Å²) in [4.78, 5) is 53.7. The number of hydrogen-bond acceptors (Lipinski definition) is 6. The number of rotatable bonds is 8. The lowest BCUT2D eigenvalue weighted by Gasteiger charge is -2.16. The Hall–Kier alpha value is -3.23. The minimum Gasteiger partial charge on any atom is -0.452 e. The highest BCUT2D eigenvalue weighted by Crippen LogP contribution is 2.14. The summed E-state index contributed by atoms with van der Waals surface area (Å²) in [6.07, 6.45) is 0.801. The second-order valence-electron chi connectivity index (χ2n) is 6.63. The summed E-state index contributed by atoms with van der Waals surface area (Å²) in [6, 6.07) is 4.69. The van der Waals surface area contributed by atoms with Gasteiger partial charge in [0.05, 0.1) is 23.1 Å². The van der Waals surface area contributed by atoms with Crippen LogP contribution in [-0.2, 0) is 20.9 Å². The van der Waals surface area contributed by atoms with E-state index in [1.807, 2.05) is 13.8 Å². The molecule has 0 atom stereocenters. The van der Waals surface area contributed by atoms with E-state index in [-0.39, 0.29) is 23.6 Å². The van der Waals surface area contributed by atoms with Gasteiger partial charge in [0.2, 0.25) is 5.91 Å². The molecule has 2 rings (SSSR count). The van der Waals surface area contributed by atoms with E-state index in [0.717, 1.165) is 6.42 Å². The monoisotopic (exact) mass is 402 g/mol. The van der Waals surface area contributed by atoms with Gasteiger partial charge in [0.15, 0.2) is 6.61 Å². The van der Waals surface area contributed by atoms with Gasteiger partial charge in [-0.15, -0.1) is 0 Å². The highest BCUT2D eigenvalue weighted by Gasteiger charge is 2.17. The third-order valence-electron chi connectivity index (χ3n) is 4.37.